The summed E-state index contributed by atoms with van der Waals surface area (Å²) in [7, 11) is 0. The Morgan fingerprint density at radius 2 is 2.18 bits per heavy atom. The maximum atomic E-state index is 12.4. The van der Waals surface area contributed by atoms with E-state index in [9.17, 15) is 9.59 Å². The van der Waals surface area contributed by atoms with Crippen molar-refractivity contribution in [1.82, 2.24) is 24.9 Å². The minimum absolute atomic E-state index is 0.0772. The fraction of sp³-hybridized carbons (Fsp3) is 0.350. The van der Waals surface area contributed by atoms with E-state index in [1.165, 1.54) is 0 Å². The van der Waals surface area contributed by atoms with Gasteiger partial charge in [-0.1, -0.05) is 30.3 Å². The van der Waals surface area contributed by atoms with Crippen LogP contribution < -0.4 is 10.6 Å². The van der Waals surface area contributed by atoms with Crippen LogP contribution in [-0.4, -0.2) is 51.8 Å². The van der Waals surface area contributed by atoms with Gasteiger partial charge in [-0.15, -0.1) is 11.3 Å². The SMILES string of the molecule is O=C(CC1C(=O)NCCN1Cc1ccccc1)NCCc1cn2ccsc2n1. The molecule has 8 heteroatoms. The number of thiazole rings is 1. The van der Waals surface area contributed by atoms with Crippen molar-refractivity contribution in [3.8, 4) is 0 Å². The number of hydrogen-bond acceptors (Lipinski definition) is 5. The topological polar surface area (TPSA) is 78.7 Å². The number of amides is 2. The number of carbonyl (C=O) groups is 2. The molecule has 1 saturated heterocycles. The molecule has 0 aliphatic carbocycles. The van der Waals surface area contributed by atoms with Crippen molar-refractivity contribution in [1.29, 1.82) is 0 Å². The van der Waals surface area contributed by atoms with E-state index in [4.69, 9.17) is 0 Å². The van der Waals surface area contributed by atoms with Crippen LogP contribution >= 0.6 is 11.3 Å². The molecular weight excluding hydrogens is 374 g/mol. The predicted molar refractivity (Wildman–Crippen MR) is 108 cm³/mol. The van der Waals surface area contributed by atoms with Crippen molar-refractivity contribution in [2.45, 2.75) is 25.4 Å². The van der Waals surface area contributed by atoms with Gasteiger partial charge < -0.3 is 10.6 Å². The zero-order chi connectivity index (χ0) is 19.3. The third-order valence-electron chi connectivity index (χ3n) is 4.90. The molecule has 146 valence electrons. The Kier molecular flexibility index (Phi) is 5.68. The number of hydrogen-bond donors (Lipinski definition) is 2. The summed E-state index contributed by atoms with van der Waals surface area (Å²) in [5, 5.41) is 7.79. The van der Waals surface area contributed by atoms with Gasteiger partial charge in [-0.3, -0.25) is 18.9 Å². The molecule has 4 rings (SSSR count). The first-order valence-electron chi connectivity index (χ1n) is 9.42. The van der Waals surface area contributed by atoms with Crippen LogP contribution in [0.25, 0.3) is 4.96 Å². The summed E-state index contributed by atoms with van der Waals surface area (Å²) in [5.74, 6) is -0.187. The second-order valence-corrected chi connectivity index (χ2v) is 7.77. The van der Waals surface area contributed by atoms with Crippen LogP contribution in [0.4, 0.5) is 0 Å². The maximum absolute atomic E-state index is 12.4. The van der Waals surface area contributed by atoms with Crippen LogP contribution in [0.1, 0.15) is 17.7 Å². The summed E-state index contributed by atoms with van der Waals surface area (Å²) in [6.07, 6.45) is 4.79. The standard InChI is InChI=1S/C20H23N5O2S/c26-18(21-7-6-16-14-25-10-11-28-20(25)23-16)12-17-19(27)22-8-9-24(17)13-15-4-2-1-3-5-15/h1-5,10-11,14,17H,6-9,12-13H2,(H,21,26)(H,22,27). The molecule has 28 heavy (non-hydrogen) atoms. The smallest absolute Gasteiger partial charge is 0.237 e. The number of imidazole rings is 1. The third-order valence-corrected chi connectivity index (χ3v) is 5.67. The summed E-state index contributed by atoms with van der Waals surface area (Å²) in [4.78, 5) is 32.3. The molecule has 1 atom stereocenters. The Hall–Kier alpha value is -2.71. The van der Waals surface area contributed by atoms with Gasteiger partial charge in [0.15, 0.2) is 4.96 Å². The first-order chi connectivity index (χ1) is 13.7. The Balaban J connectivity index is 1.30. The zero-order valence-electron chi connectivity index (χ0n) is 15.5. The van der Waals surface area contributed by atoms with Gasteiger partial charge in [0.1, 0.15) is 0 Å². The minimum Gasteiger partial charge on any atom is -0.356 e. The highest BCUT2D eigenvalue weighted by Gasteiger charge is 2.31. The van der Waals surface area contributed by atoms with Crippen LogP contribution in [0.2, 0.25) is 0 Å². The summed E-state index contributed by atoms with van der Waals surface area (Å²) in [6.45, 7) is 2.53. The molecule has 1 aromatic carbocycles. The fourth-order valence-electron chi connectivity index (χ4n) is 3.47. The van der Waals surface area contributed by atoms with E-state index in [2.05, 4.69) is 20.5 Å². The van der Waals surface area contributed by atoms with Gasteiger partial charge >= 0.3 is 0 Å². The molecule has 2 N–H and O–H groups in total. The summed E-state index contributed by atoms with van der Waals surface area (Å²) >= 11 is 1.59. The van der Waals surface area contributed by atoms with Gasteiger partial charge in [-0.25, -0.2) is 4.98 Å². The molecule has 1 aliphatic heterocycles. The number of nitrogens with zero attached hydrogens (tertiary/aromatic N) is 3. The highest BCUT2D eigenvalue weighted by Crippen LogP contribution is 2.14. The lowest BCUT2D eigenvalue weighted by molar-refractivity contribution is -0.134. The number of carbonyl (C=O) groups excluding carboxylic acids is 2. The normalized spacial score (nSPS) is 17.6. The minimum atomic E-state index is -0.438. The fourth-order valence-corrected chi connectivity index (χ4v) is 4.18. The second-order valence-electron chi connectivity index (χ2n) is 6.89. The summed E-state index contributed by atoms with van der Waals surface area (Å²) in [5.41, 5.74) is 2.09. The van der Waals surface area contributed by atoms with Gasteiger partial charge in [0.2, 0.25) is 11.8 Å². The first-order valence-corrected chi connectivity index (χ1v) is 10.3. The Bertz CT molecular complexity index is 923. The number of nitrogens with one attached hydrogen (secondary N) is 2. The second kappa shape index (κ2) is 8.53. The molecule has 0 spiro atoms. The van der Waals surface area contributed by atoms with E-state index in [0.717, 1.165) is 22.8 Å². The molecule has 3 heterocycles. The number of fused-ring (bicyclic) bond motifs is 1. The van der Waals surface area contributed by atoms with E-state index in [0.29, 0.717) is 26.1 Å². The van der Waals surface area contributed by atoms with E-state index in [1.54, 1.807) is 11.3 Å². The van der Waals surface area contributed by atoms with Gasteiger partial charge in [0.05, 0.1) is 18.2 Å². The number of piperazine rings is 1. The lowest BCUT2D eigenvalue weighted by atomic mass is 10.1. The zero-order valence-corrected chi connectivity index (χ0v) is 16.3. The highest BCUT2D eigenvalue weighted by molar-refractivity contribution is 7.15. The Morgan fingerprint density at radius 3 is 3.00 bits per heavy atom. The van der Waals surface area contributed by atoms with Crippen LogP contribution in [0.5, 0.6) is 0 Å². The summed E-state index contributed by atoms with van der Waals surface area (Å²) < 4.78 is 1.98. The molecule has 2 aromatic heterocycles. The molecule has 2 amide bonds. The molecule has 3 aromatic rings. The molecule has 0 radical (unpaired) electrons. The molecular formula is C20H23N5O2S. The van der Waals surface area contributed by atoms with Crippen molar-refractivity contribution in [2.75, 3.05) is 19.6 Å². The largest absolute Gasteiger partial charge is 0.356 e. The van der Waals surface area contributed by atoms with Gasteiger partial charge in [-0.2, -0.15) is 0 Å². The Labute approximate surface area is 167 Å². The molecule has 1 fully saturated rings. The lowest BCUT2D eigenvalue weighted by Gasteiger charge is -2.34. The van der Waals surface area contributed by atoms with Crippen molar-refractivity contribution < 1.29 is 9.59 Å². The van der Waals surface area contributed by atoms with Crippen molar-refractivity contribution >= 4 is 28.1 Å². The lowest BCUT2D eigenvalue weighted by Crippen LogP contribution is -2.56. The average molecular weight is 398 g/mol. The molecule has 0 saturated carbocycles. The highest BCUT2D eigenvalue weighted by atomic mass is 32.1. The maximum Gasteiger partial charge on any atom is 0.237 e. The average Bonchev–Trinajstić information content (AvgIpc) is 3.27. The van der Waals surface area contributed by atoms with E-state index in [-0.39, 0.29) is 18.2 Å². The Morgan fingerprint density at radius 1 is 1.32 bits per heavy atom. The number of aromatic nitrogens is 2. The van der Waals surface area contributed by atoms with Crippen LogP contribution in [0.15, 0.2) is 48.1 Å². The van der Waals surface area contributed by atoms with Crippen LogP contribution in [0, 0.1) is 0 Å². The number of benzene rings is 1. The van der Waals surface area contributed by atoms with Crippen LogP contribution in [0.3, 0.4) is 0 Å². The third kappa shape index (κ3) is 4.40. The monoisotopic (exact) mass is 397 g/mol. The van der Waals surface area contributed by atoms with Crippen molar-refractivity contribution in [2.24, 2.45) is 0 Å². The summed E-state index contributed by atoms with van der Waals surface area (Å²) in [6, 6.07) is 9.59. The quantitative estimate of drug-likeness (QED) is 0.633. The molecule has 1 aliphatic rings. The van der Waals surface area contributed by atoms with Gasteiger partial charge in [-0.05, 0) is 5.56 Å². The van der Waals surface area contributed by atoms with Crippen molar-refractivity contribution in [3.05, 3.63) is 59.4 Å². The number of rotatable bonds is 7. The van der Waals surface area contributed by atoms with Crippen LogP contribution in [-0.2, 0) is 22.6 Å². The molecule has 1 unspecified atom stereocenters. The molecule has 0 bridgehead atoms. The van der Waals surface area contributed by atoms with E-state index >= 15 is 0 Å². The van der Waals surface area contributed by atoms with Crippen molar-refractivity contribution in [3.63, 3.8) is 0 Å². The van der Waals surface area contributed by atoms with E-state index in [1.807, 2.05) is 52.5 Å². The van der Waals surface area contributed by atoms with Gasteiger partial charge in [0.25, 0.3) is 0 Å². The molecule has 7 nitrogen and oxygen atoms in total. The van der Waals surface area contributed by atoms with E-state index < -0.39 is 6.04 Å². The first kappa shape index (κ1) is 18.6. The van der Waals surface area contributed by atoms with Gasteiger partial charge in [0, 0.05) is 50.4 Å². The predicted octanol–water partition coefficient (Wildman–Crippen LogP) is 1.45.